The number of hydrogen-bond acceptors (Lipinski definition) is 4. The van der Waals surface area contributed by atoms with E-state index in [4.69, 9.17) is 21.1 Å². The van der Waals surface area contributed by atoms with Gasteiger partial charge in [0, 0.05) is 11.3 Å². The van der Waals surface area contributed by atoms with E-state index in [1.54, 1.807) is 19.1 Å². The smallest absolute Gasteiger partial charge is 0.319 e. The molecule has 1 aromatic carbocycles. The quantitative estimate of drug-likeness (QED) is 0.664. The largest absolute Gasteiger partial charge is 0.490 e. The lowest BCUT2D eigenvalue weighted by molar-refractivity contribution is -0.114. The summed E-state index contributed by atoms with van der Waals surface area (Å²) in [6, 6.07) is 2.51. The fourth-order valence-corrected chi connectivity index (χ4v) is 3.16. The van der Waals surface area contributed by atoms with E-state index in [-0.39, 0.29) is 11.8 Å². The Morgan fingerprint density at radius 2 is 2.00 bits per heavy atom. The van der Waals surface area contributed by atoms with E-state index < -0.39 is 6.04 Å². The molecule has 1 aromatic rings. The Labute approximate surface area is 158 Å². The summed E-state index contributed by atoms with van der Waals surface area (Å²) in [5.74, 6) is 0.854. The summed E-state index contributed by atoms with van der Waals surface area (Å²) in [7, 11) is 0. The fraction of sp³-hybridized carbons (Fsp3) is 0.474. The van der Waals surface area contributed by atoms with Gasteiger partial charge in [-0.2, -0.15) is 0 Å². The van der Waals surface area contributed by atoms with Gasteiger partial charge >= 0.3 is 6.03 Å². The number of halogens is 1. The molecule has 2 N–H and O–H groups in total. The number of ether oxygens (including phenoxy) is 2. The second kappa shape index (κ2) is 8.94. The van der Waals surface area contributed by atoms with Gasteiger partial charge in [-0.05, 0) is 44.9 Å². The highest BCUT2D eigenvalue weighted by Crippen LogP contribution is 2.40. The van der Waals surface area contributed by atoms with E-state index in [0.29, 0.717) is 46.6 Å². The van der Waals surface area contributed by atoms with Crippen molar-refractivity contribution >= 4 is 23.4 Å². The lowest BCUT2D eigenvalue weighted by Crippen LogP contribution is -2.44. The molecule has 0 spiro atoms. The molecule has 26 heavy (non-hydrogen) atoms. The molecule has 2 amide bonds. The van der Waals surface area contributed by atoms with E-state index in [1.165, 1.54) is 6.92 Å². The molecule has 2 rings (SSSR count). The number of carbonyl (C=O) groups is 2. The number of Topliss-reactive ketones (excluding diaryl/α,β-unsaturated/α-hetero) is 1. The van der Waals surface area contributed by atoms with Crippen molar-refractivity contribution in [2.24, 2.45) is 0 Å². The van der Waals surface area contributed by atoms with Gasteiger partial charge in [-0.15, -0.1) is 0 Å². The molecule has 0 saturated carbocycles. The monoisotopic (exact) mass is 380 g/mol. The van der Waals surface area contributed by atoms with Crippen LogP contribution < -0.4 is 20.1 Å². The maximum Gasteiger partial charge on any atom is 0.319 e. The molecule has 6 nitrogen and oxygen atoms in total. The van der Waals surface area contributed by atoms with E-state index >= 15 is 0 Å². The Hall–Kier alpha value is -2.21. The fourth-order valence-electron chi connectivity index (χ4n) is 2.89. The van der Waals surface area contributed by atoms with Gasteiger partial charge in [-0.25, -0.2) is 4.79 Å². The zero-order valence-electron chi connectivity index (χ0n) is 15.6. The summed E-state index contributed by atoms with van der Waals surface area (Å²) in [4.78, 5) is 24.0. The number of urea groups is 1. The van der Waals surface area contributed by atoms with Crippen LogP contribution in [0.4, 0.5) is 4.79 Å². The van der Waals surface area contributed by atoms with Crippen LogP contribution in [-0.4, -0.2) is 25.0 Å². The number of hydrogen-bond donors (Lipinski definition) is 2. The van der Waals surface area contributed by atoms with Crippen LogP contribution in [0.25, 0.3) is 0 Å². The van der Waals surface area contributed by atoms with Gasteiger partial charge in [-0.1, -0.05) is 24.9 Å². The molecule has 7 heteroatoms. The second-order valence-electron chi connectivity index (χ2n) is 6.09. The maximum absolute atomic E-state index is 12.1. The standard InChI is InChI=1S/C19H25ClN2O4/c1-5-7-8-26-18-14(20)9-13(10-15(18)25-6-2)17-16(12(4)23)11(3)21-19(24)22-17/h9-10,17H,5-8H2,1-4H3,(H2,21,22,24)/t17-/m0/s1. The molecule has 0 aliphatic carbocycles. The predicted molar refractivity (Wildman–Crippen MR) is 101 cm³/mol. The van der Waals surface area contributed by atoms with Crippen molar-refractivity contribution in [3.8, 4) is 11.5 Å². The Morgan fingerprint density at radius 3 is 2.62 bits per heavy atom. The van der Waals surface area contributed by atoms with E-state index in [1.807, 2.05) is 6.92 Å². The van der Waals surface area contributed by atoms with Crippen molar-refractivity contribution in [2.45, 2.75) is 46.6 Å². The van der Waals surface area contributed by atoms with Gasteiger partial charge in [0.05, 0.1) is 24.3 Å². The number of unbranched alkanes of at least 4 members (excludes halogenated alkanes) is 1. The van der Waals surface area contributed by atoms with Crippen LogP contribution in [0.5, 0.6) is 11.5 Å². The molecule has 0 aromatic heterocycles. The molecule has 0 radical (unpaired) electrons. The van der Waals surface area contributed by atoms with Gasteiger partial charge in [0.25, 0.3) is 0 Å². The first-order valence-corrected chi connectivity index (χ1v) is 9.15. The minimum absolute atomic E-state index is 0.127. The molecular weight excluding hydrogens is 356 g/mol. The Balaban J connectivity index is 2.47. The van der Waals surface area contributed by atoms with Crippen LogP contribution in [0.3, 0.4) is 0 Å². The number of allylic oxidation sites excluding steroid dienone is 1. The Bertz CT molecular complexity index is 730. The summed E-state index contributed by atoms with van der Waals surface area (Å²) >= 11 is 6.43. The normalized spacial score (nSPS) is 16.8. The summed E-state index contributed by atoms with van der Waals surface area (Å²) < 4.78 is 11.5. The van der Waals surface area contributed by atoms with Gasteiger partial charge in [-0.3, -0.25) is 4.79 Å². The number of carbonyl (C=O) groups excluding carboxylic acids is 2. The topological polar surface area (TPSA) is 76.7 Å². The first-order valence-electron chi connectivity index (χ1n) is 8.77. The van der Waals surface area contributed by atoms with Gasteiger partial charge in [0.1, 0.15) is 0 Å². The molecule has 0 unspecified atom stereocenters. The van der Waals surface area contributed by atoms with Crippen LogP contribution in [0.2, 0.25) is 5.02 Å². The van der Waals surface area contributed by atoms with Crippen LogP contribution >= 0.6 is 11.6 Å². The first kappa shape index (κ1) is 20.1. The number of amides is 2. The molecule has 0 fully saturated rings. The summed E-state index contributed by atoms with van der Waals surface area (Å²) in [6.07, 6.45) is 1.91. The molecule has 1 atom stereocenters. The Kier molecular flexibility index (Phi) is 6.91. The van der Waals surface area contributed by atoms with Crippen molar-refractivity contribution in [2.75, 3.05) is 13.2 Å². The van der Waals surface area contributed by atoms with Crippen molar-refractivity contribution in [1.82, 2.24) is 10.6 Å². The summed E-state index contributed by atoms with van der Waals surface area (Å²) in [6.45, 7) is 8.10. The third-order valence-corrected chi connectivity index (χ3v) is 4.34. The molecule has 1 heterocycles. The van der Waals surface area contributed by atoms with E-state index in [0.717, 1.165) is 12.8 Å². The number of rotatable bonds is 8. The highest BCUT2D eigenvalue weighted by atomic mass is 35.5. The van der Waals surface area contributed by atoms with E-state index in [2.05, 4.69) is 17.6 Å². The molecule has 0 saturated heterocycles. The van der Waals surface area contributed by atoms with Crippen LogP contribution in [0.15, 0.2) is 23.4 Å². The van der Waals surface area contributed by atoms with E-state index in [9.17, 15) is 9.59 Å². The molecule has 142 valence electrons. The van der Waals surface area contributed by atoms with Crippen LogP contribution in [-0.2, 0) is 4.79 Å². The average molecular weight is 381 g/mol. The first-order chi connectivity index (χ1) is 12.4. The molecule has 1 aliphatic heterocycles. The van der Waals surface area contributed by atoms with Crippen molar-refractivity contribution in [1.29, 1.82) is 0 Å². The minimum Gasteiger partial charge on any atom is -0.490 e. The molecular formula is C19H25ClN2O4. The summed E-state index contributed by atoms with van der Waals surface area (Å²) in [5.41, 5.74) is 1.69. The van der Waals surface area contributed by atoms with Crippen molar-refractivity contribution in [3.63, 3.8) is 0 Å². The van der Waals surface area contributed by atoms with Gasteiger partial charge in [0.2, 0.25) is 0 Å². The Morgan fingerprint density at radius 1 is 1.27 bits per heavy atom. The zero-order chi connectivity index (χ0) is 19.3. The summed E-state index contributed by atoms with van der Waals surface area (Å²) in [5, 5.41) is 5.79. The van der Waals surface area contributed by atoms with Crippen LogP contribution in [0, 0.1) is 0 Å². The van der Waals surface area contributed by atoms with Crippen molar-refractivity contribution < 1.29 is 19.1 Å². The van der Waals surface area contributed by atoms with Gasteiger partial charge in [0.15, 0.2) is 17.3 Å². The zero-order valence-corrected chi connectivity index (χ0v) is 16.3. The van der Waals surface area contributed by atoms with Gasteiger partial charge < -0.3 is 20.1 Å². The predicted octanol–water partition coefficient (Wildman–Crippen LogP) is 4.13. The number of ketones is 1. The average Bonchev–Trinajstić information content (AvgIpc) is 2.56. The lowest BCUT2D eigenvalue weighted by Gasteiger charge is -2.28. The third kappa shape index (κ3) is 4.49. The van der Waals surface area contributed by atoms with Crippen LogP contribution in [0.1, 0.15) is 52.1 Å². The maximum atomic E-state index is 12.1. The SMILES string of the molecule is CCCCOc1c(Cl)cc([C@@H]2NC(=O)NC(C)=C2C(C)=O)cc1OCC. The highest BCUT2D eigenvalue weighted by molar-refractivity contribution is 6.32. The minimum atomic E-state index is -0.595. The number of benzene rings is 1. The third-order valence-electron chi connectivity index (χ3n) is 4.06. The molecule has 0 bridgehead atoms. The van der Waals surface area contributed by atoms with Crippen molar-refractivity contribution in [3.05, 3.63) is 34.0 Å². The highest BCUT2D eigenvalue weighted by Gasteiger charge is 2.30. The lowest BCUT2D eigenvalue weighted by atomic mass is 9.93. The molecule has 1 aliphatic rings. The second-order valence-corrected chi connectivity index (χ2v) is 6.50. The number of nitrogens with one attached hydrogen (secondary N) is 2.